The Morgan fingerprint density at radius 3 is 2.50 bits per heavy atom. The minimum absolute atomic E-state index is 0.230. The maximum absolute atomic E-state index is 11.1. The monoisotopic (exact) mass is 208 g/mol. The molecule has 2 rings (SSSR count). The van der Waals surface area contributed by atoms with Crippen LogP contribution in [0, 0.1) is 11.8 Å². The first-order valence-electron chi connectivity index (χ1n) is 4.52. The second-order valence-electron chi connectivity index (χ2n) is 3.95. The molecule has 0 bridgehead atoms. The second-order valence-corrected chi connectivity index (χ2v) is 6.79. The summed E-state index contributed by atoms with van der Waals surface area (Å²) in [6, 6.07) is 0. The standard InChI is InChI=1S/C8H13ClO2S/c9-12(10,11)8-5-4-6-2-1-3-7(6)8/h6-8H,1-5H2. The molecule has 0 saturated heterocycles. The van der Waals surface area contributed by atoms with Crippen molar-refractivity contribution in [2.75, 3.05) is 0 Å². The van der Waals surface area contributed by atoms with Crippen LogP contribution in [0.2, 0.25) is 0 Å². The molecule has 0 N–H and O–H groups in total. The Morgan fingerprint density at radius 1 is 1.08 bits per heavy atom. The van der Waals surface area contributed by atoms with Gasteiger partial charge >= 0.3 is 0 Å². The normalized spacial score (nSPS) is 41.6. The maximum Gasteiger partial charge on any atom is 0.235 e. The smallest absolute Gasteiger partial charge is 0.212 e. The third-order valence-corrected chi connectivity index (χ3v) is 5.37. The highest BCUT2D eigenvalue weighted by Gasteiger charge is 2.44. The fourth-order valence-electron chi connectivity index (χ4n) is 2.86. The lowest BCUT2D eigenvalue weighted by atomic mass is 10.0. The molecule has 0 aromatic carbocycles. The highest BCUT2D eigenvalue weighted by Crippen LogP contribution is 2.47. The van der Waals surface area contributed by atoms with E-state index in [1.807, 2.05) is 0 Å². The van der Waals surface area contributed by atoms with Crippen LogP contribution in [-0.4, -0.2) is 13.7 Å². The van der Waals surface area contributed by atoms with Gasteiger partial charge in [-0.25, -0.2) is 8.42 Å². The Kier molecular flexibility index (Phi) is 2.11. The molecule has 0 radical (unpaired) electrons. The SMILES string of the molecule is O=S(=O)(Cl)C1CCC2CCCC21. The Hall–Kier alpha value is 0.240. The zero-order chi connectivity index (χ0) is 8.77. The van der Waals surface area contributed by atoms with Gasteiger partial charge in [-0.3, -0.25) is 0 Å². The molecular weight excluding hydrogens is 196 g/mol. The van der Waals surface area contributed by atoms with E-state index < -0.39 is 9.05 Å². The fourth-order valence-corrected chi connectivity index (χ4v) is 4.71. The average Bonchev–Trinajstić information content (AvgIpc) is 2.37. The van der Waals surface area contributed by atoms with Crippen molar-refractivity contribution in [2.24, 2.45) is 11.8 Å². The van der Waals surface area contributed by atoms with E-state index in [-0.39, 0.29) is 5.25 Å². The molecule has 2 nitrogen and oxygen atoms in total. The van der Waals surface area contributed by atoms with Gasteiger partial charge in [0.2, 0.25) is 9.05 Å². The van der Waals surface area contributed by atoms with E-state index in [4.69, 9.17) is 10.7 Å². The van der Waals surface area contributed by atoms with Gasteiger partial charge in [0.25, 0.3) is 0 Å². The molecule has 3 unspecified atom stereocenters. The van der Waals surface area contributed by atoms with Crippen molar-refractivity contribution in [1.82, 2.24) is 0 Å². The van der Waals surface area contributed by atoms with E-state index in [0.717, 1.165) is 19.3 Å². The van der Waals surface area contributed by atoms with Crippen molar-refractivity contribution in [3.05, 3.63) is 0 Å². The fraction of sp³-hybridized carbons (Fsp3) is 1.00. The van der Waals surface area contributed by atoms with E-state index in [0.29, 0.717) is 11.8 Å². The van der Waals surface area contributed by atoms with Gasteiger partial charge in [-0.1, -0.05) is 12.8 Å². The Bertz CT molecular complexity index is 273. The number of halogens is 1. The van der Waals surface area contributed by atoms with Crippen molar-refractivity contribution in [3.63, 3.8) is 0 Å². The third-order valence-electron chi connectivity index (χ3n) is 3.38. The average molecular weight is 209 g/mol. The van der Waals surface area contributed by atoms with Crippen molar-refractivity contribution in [2.45, 2.75) is 37.4 Å². The summed E-state index contributed by atoms with van der Waals surface area (Å²) >= 11 is 0. The molecule has 0 amide bonds. The van der Waals surface area contributed by atoms with Gasteiger partial charge in [0.1, 0.15) is 0 Å². The predicted molar refractivity (Wildman–Crippen MR) is 48.6 cm³/mol. The molecule has 4 heteroatoms. The molecule has 0 spiro atoms. The molecule has 3 atom stereocenters. The number of fused-ring (bicyclic) bond motifs is 1. The van der Waals surface area contributed by atoms with Crippen molar-refractivity contribution < 1.29 is 8.42 Å². The molecule has 2 fully saturated rings. The zero-order valence-corrected chi connectivity index (χ0v) is 8.44. The molecule has 2 saturated carbocycles. The largest absolute Gasteiger partial charge is 0.235 e. The molecule has 0 aromatic heterocycles. The minimum atomic E-state index is -3.28. The number of hydrogen-bond acceptors (Lipinski definition) is 2. The van der Waals surface area contributed by atoms with Crippen LogP contribution in [0.4, 0.5) is 0 Å². The lowest BCUT2D eigenvalue weighted by molar-refractivity contribution is 0.453. The summed E-state index contributed by atoms with van der Waals surface area (Å²) in [7, 11) is 2.09. The summed E-state index contributed by atoms with van der Waals surface area (Å²) < 4.78 is 22.3. The summed E-state index contributed by atoms with van der Waals surface area (Å²) in [5, 5.41) is -0.230. The van der Waals surface area contributed by atoms with Crippen LogP contribution in [0.3, 0.4) is 0 Å². The molecule has 0 aliphatic heterocycles. The lowest BCUT2D eigenvalue weighted by Crippen LogP contribution is -2.21. The van der Waals surface area contributed by atoms with E-state index in [1.54, 1.807) is 0 Å². The first kappa shape index (κ1) is 8.82. The van der Waals surface area contributed by atoms with Gasteiger partial charge in [-0.2, -0.15) is 0 Å². The first-order valence-corrected chi connectivity index (χ1v) is 6.90. The molecular formula is C8H13ClO2S. The predicted octanol–water partition coefficient (Wildman–Crippen LogP) is 2.13. The third kappa shape index (κ3) is 1.37. The topological polar surface area (TPSA) is 34.1 Å². The summed E-state index contributed by atoms with van der Waals surface area (Å²) in [4.78, 5) is 0. The zero-order valence-electron chi connectivity index (χ0n) is 6.87. The molecule has 12 heavy (non-hydrogen) atoms. The van der Waals surface area contributed by atoms with Crippen LogP contribution < -0.4 is 0 Å². The van der Waals surface area contributed by atoms with Crippen LogP contribution >= 0.6 is 10.7 Å². The molecule has 0 aromatic rings. The quantitative estimate of drug-likeness (QED) is 0.619. The van der Waals surface area contributed by atoms with Gasteiger partial charge in [0.15, 0.2) is 0 Å². The van der Waals surface area contributed by atoms with Gasteiger partial charge in [0, 0.05) is 10.7 Å². The van der Waals surface area contributed by atoms with Gasteiger partial charge in [-0.15, -0.1) is 0 Å². The van der Waals surface area contributed by atoms with Crippen molar-refractivity contribution in [1.29, 1.82) is 0 Å². The van der Waals surface area contributed by atoms with Crippen LogP contribution in [-0.2, 0) is 9.05 Å². The van der Waals surface area contributed by atoms with Crippen LogP contribution in [0.5, 0.6) is 0 Å². The summed E-state index contributed by atoms with van der Waals surface area (Å²) in [5.74, 6) is 1.04. The molecule has 0 heterocycles. The highest BCUT2D eigenvalue weighted by atomic mass is 35.7. The second kappa shape index (κ2) is 2.88. The summed E-state index contributed by atoms with van der Waals surface area (Å²) in [6.07, 6.45) is 5.34. The van der Waals surface area contributed by atoms with Crippen molar-refractivity contribution in [3.8, 4) is 0 Å². The van der Waals surface area contributed by atoms with E-state index >= 15 is 0 Å². The van der Waals surface area contributed by atoms with E-state index in [9.17, 15) is 8.42 Å². The number of hydrogen-bond donors (Lipinski definition) is 0. The van der Waals surface area contributed by atoms with E-state index in [1.165, 1.54) is 12.8 Å². The minimum Gasteiger partial charge on any atom is -0.212 e. The van der Waals surface area contributed by atoms with Crippen LogP contribution in [0.25, 0.3) is 0 Å². The van der Waals surface area contributed by atoms with Crippen LogP contribution in [0.1, 0.15) is 32.1 Å². The lowest BCUT2D eigenvalue weighted by Gasteiger charge is -2.14. The van der Waals surface area contributed by atoms with Crippen LogP contribution in [0.15, 0.2) is 0 Å². The Morgan fingerprint density at radius 2 is 1.83 bits per heavy atom. The Balaban J connectivity index is 2.20. The van der Waals surface area contributed by atoms with Gasteiger partial charge < -0.3 is 0 Å². The van der Waals surface area contributed by atoms with Gasteiger partial charge in [-0.05, 0) is 31.1 Å². The Labute approximate surface area is 77.7 Å². The first-order chi connectivity index (χ1) is 5.59. The number of rotatable bonds is 1. The summed E-state index contributed by atoms with van der Waals surface area (Å²) in [5.41, 5.74) is 0. The van der Waals surface area contributed by atoms with E-state index in [2.05, 4.69) is 0 Å². The summed E-state index contributed by atoms with van der Waals surface area (Å²) in [6.45, 7) is 0. The van der Waals surface area contributed by atoms with Gasteiger partial charge in [0.05, 0.1) is 5.25 Å². The van der Waals surface area contributed by atoms with Crippen molar-refractivity contribution >= 4 is 19.7 Å². The maximum atomic E-state index is 11.1. The molecule has 2 aliphatic rings. The highest BCUT2D eigenvalue weighted by molar-refractivity contribution is 8.14. The molecule has 2 aliphatic carbocycles. The molecule has 70 valence electrons.